The molecule has 0 radical (unpaired) electrons. The van der Waals surface area contributed by atoms with Gasteiger partial charge in [0.1, 0.15) is 0 Å². The molecule has 1 aromatic carbocycles. The highest BCUT2D eigenvalue weighted by atomic mass is 35.5. The van der Waals surface area contributed by atoms with Gasteiger partial charge >= 0.3 is 0 Å². The van der Waals surface area contributed by atoms with Crippen LogP contribution in [0.2, 0.25) is 5.02 Å². The Kier molecular flexibility index (Phi) is 4.40. The number of nitrogens with one attached hydrogen (secondary N) is 2. The molecule has 1 aliphatic rings. The van der Waals surface area contributed by atoms with E-state index in [1.165, 1.54) is 25.9 Å². The molecule has 17 heavy (non-hydrogen) atoms. The van der Waals surface area contributed by atoms with E-state index in [1.54, 1.807) is 17.0 Å². The van der Waals surface area contributed by atoms with Crippen molar-refractivity contribution >= 4 is 17.5 Å². The van der Waals surface area contributed by atoms with E-state index in [1.807, 2.05) is 12.1 Å². The van der Waals surface area contributed by atoms with Gasteiger partial charge in [0.25, 0.3) is 5.91 Å². The predicted molar refractivity (Wildman–Crippen MR) is 68.6 cm³/mol. The molecule has 1 amide bonds. The van der Waals surface area contributed by atoms with Crippen molar-refractivity contribution in [2.75, 3.05) is 26.2 Å². The van der Waals surface area contributed by atoms with Gasteiger partial charge in [-0.2, -0.15) is 0 Å². The normalized spacial score (nSPS) is 16.1. The largest absolute Gasteiger partial charge is 0.346 e. The zero-order valence-electron chi connectivity index (χ0n) is 9.84. The second kappa shape index (κ2) is 6.03. The fourth-order valence-corrected chi connectivity index (χ4v) is 2.44. The highest BCUT2D eigenvalue weighted by molar-refractivity contribution is 6.33. The molecule has 2 N–H and O–H groups in total. The molecule has 0 aliphatic carbocycles. The minimum atomic E-state index is -0.0748. The molecular formula is C13H18ClN2O+. The third kappa shape index (κ3) is 3.45. The molecule has 0 bridgehead atoms. The first kappa shape index (κ1) is 12.4. The van der Waals surface area contributed by atoms with Crippen LogP contribution >= 0.6 is 11.6 Å². The number of rotatable bonds is 4. The van der Waals surface area contributed by atoms with Crippen LogP contribution in [-0.4, -0.2) is 32.1 Å². The van der Waals surface area contributed by atoms with Crippen molar-refractivity contribution < 1.29 is 9.69 Å². The summed E-state index contributed by atoms with van der Waals surface area (Å²) in [5.41, 5.74) is 0.561. The van der Waals surface area contributed by atoms with Crippen molar-refractivity contribution in [2.24, 2.45) is 0 Å². The Morgan fingerprint density at radius 2 is 2.00 bits per heavy atom. The van der Waals surface area contributed by atoms with Crippen LogP contribution in [0.1, 0.15) is 23.2 Å². The highest BCUT2D eigenvalue weighted by Crippen LogP contribution is 2.14. The van der Waals surface area contributed by atoms with Crippen LogP contribution in [0.4, 0.5) is 0 Å². The van der Waals surface area contributed by atoms with E-state index in [0.29, 0.717) is 10.6 Å². The van der Waals surface area contributed by atoms with Gasteiger partial charge in [-0.1, -0.05) is 23.7 Å². The summed E-state index contributed by atoms with van der Waals surface area (Å²) in [5, 5.41) is 3.43. The van der Waals surface area contributed by atoms with Crippen LogP contribution in [0.15, 0.2) is 24.3 Å². The van der Waals surface area contributed by atoms with Crippen LogP contribution < -0.4 is 10.2 Å². The standard InChI is InChI=1S/C13H17ClN2O/c14-12-6-2-1-5-11(12)13(17)15-7-10-16-8-3-4-9-16/h1-2,5-6H,3-4,7-10H2,(H,15,17)/p+1. The van der Waals surface area contributed by atoms with E-state index in [0.717, 1.165) is 13.1 Å². The summed E-state index contributed by atoms with van der Waals surface area (Å²) in [6.07, 6.45) is 2.63. The second-order valence-corrected chi connectivity index (χ2v) is 4.85. The Balaban J connectivity index is 1.79. The molecule has 1 aromatic rings. The number of hydrogen-bond acceptors (Lipinski definition) is 1. The summed E-state index contributed by atoms with van der Waals surface area (Å²) >= 11 is 5.96. The fraction of sp³-hybridized carbons (Fsp3) is 0.462. The molecule has 2 rings (SSSR count). The summed E-state index contributed by atoms with van der Waals surface area (Å²) in [7, 11) is 0. The van der Waals surface area contributed by atoms with Crippen LogP contribution in [0, 0.1) is 0 Å². The van der Waals surface area contributed by atoms with Crippen molar-refractivity contribution in [1.82, 2.24) is 5.32 Å². The minimum absolute atomic E-state index is 0.0748. The van der Waals surface area contributed by atoms with Crippen molar-refractivity contribution in [3.8, 4) is 0 Å². The van der Waals surface area contributed by atoms with Crippen LogP contribution in [0.5, 0.6) is 0 Å². The number of hydrogen-bond donors (Lipinski definition) is 2. The molecule has 1 fully saturated rings. The van der Waals surface area contributed by atoms with E-state index in [-0.39, 0.29) is 5.91 Å². The number of benzene rings is 1. The van der Waals surface area contributed by atoms with E-state index < -0.39 is 0 Å². The predicted octanol–water partition coefficient (Wildman–Crippen LogP) is 0.749. The highest BCUT2D eigenvalue weighted by Gasteiger charge is 2.15. The topological polar surface area (TPSA) is 33.5 Å². The Bertz CT molecular complexity index is 389. The van der Waals surface area contributed by atoms with Crippen LogP contribution in [-0.2, 0) is 0 Å². The molecule has 1 saturated heterocycles. The average molecular weight is 254 g/mol. The van der Waals surface area contributed by atoms with Crippen LogP contribution in [0.3, 0.4) is 0 Å². The summed E-state index contributed by atoms with van der Waals surface area (Å²) in [4.78, 5) is 13.4. The average Bonchev–Trinajstić information content (AvgIpc) is 2.82. The molecule has 0 saturated carbocycles. The fourth-order valence-electron chi connectivity index (χ4n) is 2.22. The van der Waals surface area contributed by atoms with E-state index in [2.05, 4.69) is 5.32 Å². The third-order valence-electron chi connectivity index (χ3n) is 3.19. The van der Waals surface area contributed by atoms with Gasteiger partial charge in [-0.3, -0.25) is 4.79 Å². The maximum Gasteiger partial charge on any atom is 0.253 e. The van der Waals surface area contributed by atoms with Gasteiger partial charge in [0.05, 0.1) is 36.8 Å². The number of likely N-dealkylation sites (tertiary alicyclic amines) is 1. The van der Waals surface area contributed by atoms with Crippen molar-refractivity contribution in [3.05, 3.63) is 34.9 Å². The Hall–Kier alpha value is -1.06. The molecule has 3 nitrogen and oxygen atoms in total. The van der Waals surface area contributed by atoms with Crippen molar-refractivity contribution in [1.29, 1.82) is 0 Å². The monoisotopic (exact) mass is 253 g/mol. The van der Waals surface area contributed by atoms with Gasteiger partial charge < -0.3 is 10.2 Å². The zero-order valence-corrected chi connectivity index (χ0v) is 10.6. The van der Waals surface area contributed by atoms with Gasteiger partial charge in [0.2, 0.25) is 0 Å². The van der Waals surface area contributed by atoms with Crippen LogP contribution in [0.25, 0.3) is 0 Å². The first-order valence-electron chi connectivity index (χ1n) is 6.13. The molecule has 1 heterocycles. The smallest absolute Gasteiger partial charge is 0.253 e. The van der Waals surface area contributed by atoms with Gasteiger partial charge in [0.15, 0.2) is 0 Å². The maximum absolute atomic E-state index is 11.8. The lowest BCUT2D eigenvalue weighted by molar-refractivity contribution is -0.886. The summed E-state index contributed by atoms with van der Waals surface area (Å²) < 4.78 is 0. The van der Waals surface area contributed by atoms with Gasteiger partial charge in [0, 0.05) is 12.8 Å². The van der Waals surface area contributed by atoms with Crippen molar-refractivity contribution in [3.63, 3.8) is 0 Å². The molecule has 0 atom stereocenters. The Morgan fingerprint density at radius 3 is 2.71 bits per heavy atom. The molecule has 0 spiro atoms. The molecular weight excluding hydrogens is 236 g/mol. The minimum Gasteiger partial charge on any atom is -0.346 e. The number of amides is 1. The Labute approximate surface area is 107 Å². The lowest BCUT2D eigenvalue weighted by Gasteiger charge is -2.12. The molecule has 1 aliphatic heterocycles. The zero-order chi connectivity index (χ0) is 12.1. The Morgan fingerprint density at radius 1 is 1.29 bits per heavy atom. The summed E-state index contributed by atoms with van der Waals surface area (Å²) in [6, 6.07) is 7.14. The molecule has 92 valence electrons. The quantitative estimate of drug-likeness (QED) is 0.816. The number of carbonyl (C=O) groups is 1. The van der Waals surface area contributed by atoms with Gasteiger partial charge in [-0.15, -0.1) is 0 Å². The van der Waals surface area contributed by atoms with E-state index >= 15 is 0 Å². The lowest BCUT2D eigenvalue weighted by Crippen LogP contribution is -3.10. The molecule has 0 unspecified atom stereocenters. The number of quaternary nitrogens is 1. The molecule has 4 heteroatoms. The van der Waals surface area contributed by atoms with Gasteiger partial charge in [-0.05, 0) is 12.1 Å². The maximum atomic E-state index is 11.8. The SMILES string of the molecule is O=C(NCC[NH+]1CCCC1)c1ccccc1Cl. The third-order valence-corrected chi connectivity index (χ3v) is 3.52. The van der Waals surface area contributed by atoms with Gasteiger partial charge in [-0.25, -0.2) is 0 Å². The summed E-state index contributed by atoms with van der Waals surface area (Å²) in [6.45, 7) is 4.21. The van der Waals surface area contributed by atoms with E-state index in [4.69, 9.17) is 11.6 Å². The first-order valence-corrected chi connectivity index (χ1v) is 6.51. The van der Waals surface area contributed by atoms with E-state index in [9.17, 15) is 4.79 Å². The number of carbonyl (C=O) groups excluding carboxylic acids is 1. The lowest BCUT2D eigenvalue weighted by atomic mass is 10.2. The second-order valence-electron chi connectivity index (χ2n) is 4.44. The number of halogens is 1. The first-order chi connectivity index (χ1) is 8.27. The molecule has 0 aromatic heterocycles. The van der Waals surface area contributed by atoms with Crippen molar-refractivity contribution in [2.45, 2.75) is 12.8 Å². The summed E-state index contributed by atoms with van der Waals surface area (Å²) in [5.74, 6) is -0.0748.